The molecule has 4 heteroatoms. The van der Waals surface area contributed by atoms with E-state index >= 15 is 0 Å². The number of carbonyl (C=O) groups excluding carboxylic acids is 1. The van der Waals surface area contributed by atoms with Crippen LogP contribution in [0.3, 0.4) is 0 Å². The predicted molar refractivity (Wildman–Crippen MR) is 79.1 cm³/mol. The van der Waals surface area contributed by atoms with Crippen LogP contribution in [-0.4, -0.2) is 24.6 Å². The fraction of sp³-hybridized carbons (Fsp3) is 0.562. The van der Waals surface area contributed by atoms with Crippen LogP contribution in [-0.2, 0) is 11.2 Å². The Hall–Kier alpha value is -1.55. The molecule has 0 bridgehead atoms. The molecule has 1 aliphatic heterocycles. The van der Waals surface area contributed by atoms with Crippen LogP contribution >= 0.6 is 0 Å². The third-order valence-electron chi connectivity index (χ3n) is 4.15. The molecule has 1 aromatic carbocycles. The second-order valence-electron chi connectivity index (χ2n) is 5.67. The van der Waals surface area contributed by atoms with Crippen molar-refractivity contribution in [2.75, 3.05) is 11.9 Å². The number of hydrogen-bond acceptors (Lipinski definition) is 3. The van der Waals surface area contributed by atoms with Gasteiger partial charge in [0.15, 0.2) is 0 Å². The molecule has 2 N–H and O–H groups in total. The number of amides is 1. The minimum absolute atomic E-state index is 0.107. The van der Waals surface area contributed by atoms with Gasteiger partial charge in [0.25, 0.3) is 0 Å². The molecule has 0 radical (unpaired) electrons. The molecule has 1 amide bonds. The lowest BCUT2D eigenvalue weighted by Gasteiger charge is -2.19. The van der Waals surface area contributed by atoms with Crippen LogP contribution in [0.5, 0.6) is 5.75 Å². The van der Waals surface area contributed by atoms with Crippen LogP contribution in [0.15, 0.2) is 18.2 Å². The lowest BCUT2D eigenvalue weighted by atomic mass is 10.0. The maximum atomic E-state index is 11.3. The van der Waals surface area contributed by atoms with E-state index in [0.29, 0.717) is 18.6 Å². The summed E-state index contributed by atoms with van der Waals surface area (Å²) in [6.45, 7) is 3.17. The molecular formula is C16H22N2O2. The molecule has 0 aromatic heterocycles. The van der Waals surface area contributed by atoms with E-state index in [4.69, 9.17) is 4.74 Å². The number of rotatable bonds is 4. The van der Waals surface area contributed by atoms with Crippen LogP contribution < -0.4 is 15.4 Å². The Morgan fingerprint density at radius 1 is 1.35 bits per heavy atom. The van der Waals surface area contributed by atoms with Gasteiger partial charge in [0.05, 0.1) is 0 Å². The van der Waals surface area contributed by atoms with E-state index in [2.05, 4.69) is 23.6 Å². The van der Waals surface area contributed by atoms with E-state index in [1.807, 2.05) is 12.1 Å². The number of carbonyl (C=O) groups is 1. The van der Waals surface area contributed by atoms with E-state index in [1.165, 1.54) is 12.0 Å². The largest absolute Gasteiger partial charge is 0.490 e. The summed E-state index contributed by atoms with van der Waals surface area (Å²) in [5, 5.41) is 6.39. The van der Waals surface area contributed by atoms with Gasteiger partial charge in [0.2, 0.25) is 5.91 Å². The zero-order valence-electron chi connectivity index (χ0n) is 11.9. The Morgan fingerprint density at radius 3 is 3.10 bits per heavy atom. The topological polar surface area (TPSA) is 50.4 Å². The summed E-state index contributed by atoms with van der Waals surface area (Å²) in [7, 11) is 0. The molecule has 1 saturated carbocycles. The Labute approximate surface area is 119 Å². The lowest BCUT2D eigenvalue weighted by molar-refractivity contribution is -0.116. The van der Waals surface area contributed by atoms with Crippen LogP contribution in [0.25, 0.3) is 0 Å². The fourth-order valence-corrected chi connectivity index (χ4v) is 3.15. The van der Waals surface area contributed by atoms with Crippen molar-refractivity contribution in [3.05, 3.63) is 23.8 Å². The zero-order valence-corrected chi connectivity index (χ0v) is 11.9. The molecule has 1 aliphatic carbocycles. The van der Waals surface area contributed by atoms with Gasteiger partial charge in [-0.1, -0.05) is 6.92 Å². The Balaban J connectivity index is 1.63. The van der Waals surface area contributed by atoms with Gasteiger partial charge in [-0.25, -0.2) is 0 Å². The van der Waals surface area contributed by atoms with Crippen molar-refractivity contribution in [2.24, 2.45) is 0 Å². The zero-order chi connectivity index (χ0) is 13.9. The smallest absolute Gasteiger partial charge is 0.224 e. The molecule has 4 nitrogen and oxygen atoms in total. The van der Waals surface area contributed by atoms with Gasteiger partial charge < -0.3 is 15.4 Å². The molecule has 108 valence electrons. The van der Waals surface area contributed by atoms with E-state index in [0.717, 1.165) is 37.2 Å². The molecule has 20 heavy (non-hydrogen) atoms. The quantitative estimate of drug-likeness (QED) is 0.887. The molecule has 3 rings (SSSR count). The van der Waals surface area contributed by atoms with Crippen LogP contribution in [0.2, 0.25) is 0 Å². The SMILES string of the molecule is CCNC1CCC(Oc2ccc3c(c2)CCC(=O)N3)C1. The summed E-state index contributed by atoms with van der Waals surface area (Å²) in [6, 6.07) is 6.60. The Morgan fingerprint density at radius 2 is 2.25 bits per heavy atom. The molecule has 1 aromatic rings. The third-order valence-corrected chi connectivity index (χ3v) is 4.15. The van der Waals surface area contributed by atoms with Gasteiger partial charge >= 0.3 is 0 Å². The van der Waals surface area contributed by atoms with Gasteiger partial charge in [-0.15, -0.1) is 0 Å². The number of benzene rings is 1. The standard InChI is InChI=1S/C16H22N2O2/c1-2-17-12-4-5-14(10-12)20-13-6-7-15-11(9-13)3-8-16(19)18-15/h6-7,9,12,14,17H,2-5,8,10H2,1H3,(H,18,19). The first-order chi connectivity index (χ1) is 9.74. The van der Waals surface area contributed by atoms with E-state index in [9.17, 15) is 4.79 Å². The number of aryl methyl sites for hydroxylation is 1. The highest BCUT2D eigenvalue weighted by molar-refractivity contribution is 5.93. The van der Waals surface area contributed by atoms with Crippen LogP contribution in [0, 0.1) is 0 Å². The molecule has 0 saturated heterocycles. The monoisotopic (exact) mass is 274 g/mol. The van der Waals surface area contributed by atoms with Gasteiger partial charge in [-0.2, -0.15) is 0 Å². The first-order valence-electron chi connectivity index (χ1n) is 7.57. The van der Waals surface area contributed by atoms with Crippen molar-refractivity contribution in [1.82, 2.24) is 5.32 Å². The first kappa shape index (κ1) is 13.4. The molecule has 1 fully saturated rings. The molecule has 1 heterocycles. The third kappa shape index (κ3) is 2.96. The number of fused-ring (bicyclic) bond motifs is 1. The average molecular weight is 274 g/mol. The molecular weight excluding hydrogens is 252 g/mol. The van der Waals surface area contributed by atoms with Gasteiger partial charge in [-0.05, 0) is 56.0 Å². The van der Waals surface area contributed by atoms with Crippen LogP contribution in [0.1, 0.15) is 38.2 Å². The second kappa shape index (κ2) is 5.83. The highest BCUT2D eigenvalue weighted by atomic mass is 16.5. The van der Waals surface area contributed by atoms with Gasteiger partial charge in [0.1, 0.15) is 11.9 Å². The number of hydrogen-bond donors (Lipinski definition) is 2. The van der Waals surface area contributed by atoms with Crippen LogP contribution in [0.4, 0.5) is 5.69 Å². The summed E-state index contributed by atoms with van der Waals surface area (Å²) in [5.74, 6) is 1.04. The summed E-state index contributed by atoms with van der Waals surface area (Å²) in [6.07, 6.45) is 5.09. The van der Waals surface area contributed by atoms with Crippen molar-refractivity contribution in [3.8, 4) is 5.75 Å². The highest BCUT2D eigenvalue weighted by Crippen LogP contribution is 2.30. The van der Waals surface area contributed by atoms with Gasteiger partial charge in [0, 0.05) is 18.2 Å². The maximum absolute atomic E-state index is 11.3. The Bertz CT molecular complexity index is 501. The van der Waals surface area contributed by atoms with Crippen molar-refractivity contribution >= 4 is 11.6 Å². The highest BCUT2D eigenvalue weighted by Gasteiger charge is 2.25. The minimum Gasteiger partial charge on any atom is -0.490 e. The van der Waals surface area contributed by atoms with Crippen molar-refractivity contribution in [1.29, 1.82) is 0 Å². The first-order valence-corrected chi connectivity index (χ1v) is 7.57. The van der Waals surface area contributed by atoms with Crippen molar-refractivity contribution < 1.29 is 9.53 Å². The second-order valence-corrected chi connectivity index (χ2v) is 5.67. The summed E-state index contributed by atoms with van der Waals surface area (Å²) in [5.41, 5.74) is 2.12. The summed E-state index contributed by atoms with van der Waals surface area (Å²) >= 11 is 0. The summed E-state index contributed by atoms with van der Waals surface area (Å²) < 4.78 is 6.09. The summed E-state index contributed by atoms with van der Waals surface area (Å²) in [4.78, 5) is 11.3. The lowest BCUT2D eigenvalue weighted by Crippen LogP contribution is -2.27. The maximum Gasteiger partial charge on any atom is 0.224 e. The molecule has 2 aliphatic rings. The van der Waals surface area contributed by atoms with Gasteiger partial charge in [-0.3, -0.25) is 4.79 Å². The Kier molecular flexibility index (Phi) is 3.92. The van der Waals surface area contributed by atoms with E-state index < -0.39 is 0 Å². The minimum atomic E-state index is 0.107. The number of ether oxygens (including phenoxy) is 1. The van der Waals surface area contributed by atoms with Crippen molar-refractivity contribution in [3.63, 3.8) is 0 Å². The molecule has 2 unspecified atom stereocenters. The van der Waals surface area contributed by atoms with E-state index in [1.54, 1.807) is 0 Å². The number of nitrogens with one attached hydrogen (secondary N) is 2. The molecule has 0 spiro atoms. The average Bonchev–Trinajstić information content (AvgIpc) is 2.87. The number of anilines is 1. The van der Waals surface area contributed by atoms with E-state index in [-0.39, 0.29) is 5.91 Å². The van der Waals surface area contributed by atoms with Crippen molar-refractivity contribution in [2.45, 2.75) is 51.2 Å². The fourth-order valence-electron chi connectivity index (χ4n) is 3.15. The predicted octanol–water partition coefficient (Wildman–Crippen LogP) is 2.48. The normalized spacial score (nSPS) is 25.1. The molecule has 2 atom stereocenters.